The number of ether oxygens (including phenoxy) is 2. The summed E-state index contributed by atoms with van der Waals surface area (Å²) in [5.74, 6) is 2.02. The van der Waals surface area contributed by atoms with Crippen LogP contribution in [0.15, 0.2) is 18.3 Å². The van der Waals surface area contributed by atoms with Crippen LogP contribution in [0.3, 0.4) is 0 Å². The summed E-state index contributed by atoms with van der Waals surface area (Å²) in [6.07, 6.45) is 5.36. The second-order valence-electron chi connectivity index (χ2n) is 5.28. The van der Waals surface area contributed by atoms with Gasteiger partial charge in [0.05, 0.1) is 6.61 Å². The van der Waals surface area contributed by atoms with Crippen molar-refractivity contribution >= 4 is 0 Å². The lowest BCUT2D eigenvalue weighted by Crippen LogP contribution is -2.17. The van der Waals surface area contributed by atoms with Gasteiger partial charge in [-0.15, -0.1) is 0 Å². The first-order valence-electron chi connectivity index (χ1n) is 6.92. The summed E-state index contributed by atoms with van der Waals surface area (Å²) in [5, 5.41) is 0. The second kappa shape index (κ2) is 6.74. The van der Waals surface area contributed by atoms with E-state index < -0.39 is 0 Å². The van der Waals surface area contributed by atoms with Crippen molar-refractivity contribution in [3.63, 3.8) is 0 Å². The summed E-state index contributed by atoms with van der Waals surface area (Å²) in [6, 6.07) is 4.07. The predicted octanol–water partition coefficient (Wildman–Crippen LogP) is 3.40. The molecular weight excluding hydrogens is 226 g/mol. The Hall–Kier alpha value is -1.09. The van der Waals surface area contributed by atoms with E-state index in [1.54, 1.807) is 0 Å². The van der Waals surface area contributed by atoms with Crippen LogP contribution in [0, 0.1) is 5.92 Å². The zero-order valence-electron chi connectivity index (χ0n) is 11.4. The highest BCUT2D eigenvalue weighted by molar-refractivity contribution is 5.20. The average molecular weight is 249 g/mol. The van der Waals surface area contributed by atoms with Crippen molar-refractivity contribution < 1.29 is 9.47 Å². The Kier molecular flexibility index (Phi) is 5.00. The van der Waals surface area contributed by atoms with Gasteiger partial charge < -0.3 is 9.47 Å². The standard InChI is InChI=1S/C15H23NO2/c1-12(2)14-3-4-15(16-11-14)18-10-7-13-5-8-17-9-6-13/h3-4,11-13H,5-10H2,1-2H3. The molecule has 18 heavy (non-hydrogen) atoms. The Morgan fingerprint density at radius 1 is 1.33 bits per heavy atom. The number of aromatic nitrogens is 1. The fraction of sp³-hybridized carbons (Fsp3) is 0.667. The van der Waals surface area contributed by atoms with Crippen molar-refractivity contribution in [3.8, 4) is 5.88 Å². The van der Waals surface area contributed by atoms with Gasteiger partial charge in [-0.1, -0.05) is 19.9 Å². The molecule has 0 radical (unpaired) electrons. The fourth-order valence-electron chi connectivity index (χ4n) is 2.18. The molecule has 1 fully saturated rings. The van der Waals surface area contributed by atoms with Crippen LogP contribution in [-0.2, 0) is 4.74 Å². The van der Waals surface area contributed by atoms with Crippen LogP contribution in [0.2, 0.25) is 0 Å². The summed E-state index contributed by atoms with van der Waals surface area (Å²) in [6.45, 7) is 6.92. The Morgan fingerprint density at radius 3 is 2.72 bits per heavy atom. The van der Waals surface area contributed by atoms with Crippen molar-refractivity contribution in [2.75, 3.05) is 19.8 Å². The molecule has 0 spiro atoms. The van der Waals surface area contributed by atoms with E-state index in [1.807, 2.05) is 12.3 Å². The van der Waals surface area contributed by atoms with E-state index in [1.165, 1.54) is 18.4 Å². The number of hydrogen-bond acceptors (Lipinski definition) is 3. The van der Waals surface area contributed by atoms with Gasteiger partial charge >= 0.3 is 0 Å². The molecule has 2 rings (SSSR count). The van der Waals surface area contributed by atoms with Crippen molar-refractivity contribution in [1.82, 2.24) is 4.98 Å². The molecular formula is C15H23NO2. The Balaban J connectivity index is 1.72. The lowest BCUT2D eigenvalue weighted by Gasteiger charge is -2.21. The minimum atomic E-state index is 0.522. The van der Waals surface area contributed by atoms with Gasteiger partial charge in [0, 0.05) is 25.5 Å². The molecule has 100 valence electrons. The highest BCUT2D eigenvalue weighted by Crippen LogP contribution is 2.19. The molecule has 1 aromatic rings. The molecule has 0 unspecified atom stereocenters. The van der Waals surface area contributed by atoms with Gasteiger partial charge in [-0.3, -0.25) is 0 Å². The zero-order valence-corrected chi connectivity index (χ0v) is 11.4. The number of rotatable bonds is 5. The average Bonchev–Trinajstić information content (AvgIpc) is 2.40. The van der Waals surface area contributed by atoms with Gasteiger partial charge in [0.2, 0.25) is 5.88 Å². The summed E-state index contributed by atoms with van der Waals surface area (Å²) in [5.41, 5.74) is 1.26. The molecule has 3 heteroatoms. The Morgan fingerprint density at radius 2 is 2.11 bits per heavy atom. The lowest BCUT2D eigenvalue weighted by molar-refractivity contribution is 0.0591. The van der Waals surface area contributed by atoms with Crippen molar-refractivity contribution in [1.29, 1.82) is 0 Å². The van der Waals surface area contributed by atoms with Gasteiger partial charge in [0.25, 0.3) is 0 Å². The number of nitrogens with zero attached hydrogens (tertiary/aromatic N) is 1. The maximum Gasteiger partial charge on any atom is 0.213 e. The molecule has 0 aliphatic carbocycles. The fourth-order valence-corrected chi connectivity index (χ4v) is 2.18. The summed E-state index contributed by atoms with van der Waals surface area (Å²) < 4.78 is 11.0. The van der Waals surface area contributed by atoms with Crippen molar-refractivity contribution in [2.45, 2.75) is 39.0 Å². The zero-order chi connectivity index (χ0) is 12.8. The summed E-state index contributed by atoms with van der Waals surface area (Å²) >= 11 is 0. The Labute approximate surface area is 110 Å². The summed E-state index contributed by atoms with van der Waals surface area (Å²) in [7, 11) is 0. The van der Waals surface area contributed by atoms with E-state index in [-0.39, 0.29) is 0 Å². The molecule has 1 saturated heterocycles. The minimum absolute atomic E-state index is 0.522. The Bertz CT molecular complexity index is 342. The van der Waals surface area contributed by atoms with Crippen LogP contribution in [0.4, 0.5) is 0 Å². The molecule has 0 amide bonds. The van der Waals surface area contributed by atoms with E-state index in [9.17, 15) is 0 Å². The van der Waals surface area contributed by atoms with Gasteiger partial charge in [-0.2, -0.15) is 0 Å². The first-order valence-corrected chi connectivity index (χ1v) is 6.92. The molecule has 0 saturated carbocycles. The molecule has 1 aromatic heterocycles. The van der Waals surface area contributed by atoms with E-state index >= 15 is 0 Å². The molecule has 0 N–H and O–H groups in total. The smallest absolute Gasteiger partial charge is 0.213 e. The molecule has 2 heterocycles. The molecule has 0 atom stereocenters. The maximum absolute atomic E-state index is 5.69. The number of hydrogen-bond donors (Lipinski definition) is 0. The lowest BCUT2D eigenvalue weighted by atomic mass is 9.97. The second-order valence-corrected chi connectivity index (χ2v) is 5.28. The third-order valence-corrected chi connectivity index (χ3v) is 3.54. The van der Waals surface area contributed by atoms with Gasteiger partial charge in [0.1, 0.15) is 0 Å². The summed E-state index contributed by atoms with van der Waals surface area (Å²) in [4.78, 5) is 4.34. The molecule has 1 aliphatic heterocycles. The van der Waals surface area contributed by atoms with Crippen LogP contribution < -0.4 is 4.74 Å². The number of pyridine rings is 1. The highest BCUT2D eigenvalue weighted by atomic mass is 16.5. The normalized spacial score (nSPS) is 17.1. The topological polar surface area (TPSA) is 31.4 Å². The van der Waals surface area contributed by atoms with E-state index in [4.69, 9.17) is 9.47 Å². The minimum Gasteiger partial charge on any atom is -0.478 e. The highest BCUT2D eigenvalue weighted by Gasteiger charge is 2.13. The van der Waals surface area contributed by atoms with Crippen LogP contribution >= 0.6 is 0 Å². The van der Waals surface area contributed by atoms with E-state index in [2.05, 4.69) is 24.9 Å². The van der Waals surface area contributed by atoms with Crippen LogP contribution in [0.1, 0.15) is 44.6 Å². The predicted molar refractivity (Wildman–Crippen MR) is 72.0 cm³/mol. The molecule has 3 nitrogen and oxygen atoms in total. The van der Waals surface area contributed by atoms with Gasteiger partial charge in [-0.25, -0.2) is 4.98 Å². The van der Waals surface area contributed by atoms with Gasteiger partial charge in [-0.05, 0) is 36.7 Å². The largest absolute Gasteiger partial charge is 0.478 e. The van der Waals surface area contributed by atoms with Crippen LogP contribution in [-0.4, -0.2) is 24.8 Å². The first-order chi connectivity index (χ1) is 8.75. The molecule has 1 aliphatic rings. The SMILES string of the molecule is CC(C)c1ccc(OCCC2CCOCC2)nc1. The molecule has 0 aromatic carbocycles. The third kappa shape index (κ3) is 3.98. The monoisotopic (exact) mass is 249 g/mol. The first kappa shape index (κ1) is 13.3. The van der Waals surface area contributed by atoms with Gasteiger partial charge in [0.15, 0.2) is 0 Å². The van der Waals surface area contributed by atoms with Crippen LogP contribution in [0.5, 0.6) is 5.88 Å². The maximum atomic E-state index is 5.69. The third-order valence-electron chi connectivity index (χ3n) is 3.54. The van der Waals surface area contributed by atoms with Crippen molar-refractivity contribution in [2.24, 2.45) is 5.92 Å². The molecule has 0 bridgehead atoms. The van der Waals surface area contributed by atoms with E-state index in [0.717, 1.165) is 38.0 Å². The van der Waals surface area contributed by atoms with E-state index in [0.29, 0.717) is 5.92 Å². The van der Waals surface area contributed by atoms with Crippen LogP contribution in [0.25, 0.3) is 0 Å². The van der Waals surface area contributed by atoms with Crippen molar-refractivity contribution in [3.05, 3.63) is 23.9 Å². The quantitative estimate of drug-likeness (QED) is 0.801.